The lowest BCUT2D eigenvalue weighted by molar-refractivity contribution is -0.119. The molecule has 3 rings (SSSR count). The van der Waals surface area contributed by atoms with E-state index in [2.05, 4.69) is 20.3 Å². The number of carbonyl (C=O) groups excluding carboxylic acids is 2. The van der Waals surface area contributed by atoms with Crippen molar-refractivity contribution in [3.8, 4) is 11.4 Å². The Morgan fingerprint density at radius 3 is 2.48 bits per heavy atom. The quantitative estimate of drug-likeness (QED) is 0.622. The average molecular weight is 414 g/mol. The van der Waals surface area contributed by atoms with E-state index in [0.29, 0.717) is 23.1 Å². The first-order valence-corrected chi connectivity index (χ1v) is 9.64. The Bertz CT molecular complexity index is 993. The number of hydrogen-bond acceptors (Lipinski definition) is 6. The highest BCUT2D eigenvalue weighted by Gasteiger charge is 2.22. The number of imide groups is 1. The van der Waals surface area contributed by atoms with Crippen molar-refractivity contribution >= 4 is 23.8 Å². The van der Waals surface area contributed by atoms with Crippen LogP contribution < -0.4 is 5.32 Å². The molecule has 1 N–H and O–H groups in total. The van der Waals surface area contributed by atoms with Gasteiger partial charge in [-0.25, -0.2) is 9.18 Å². The van der Waals surface area contributed by atoms with Gasteiger partial charge in [-0.05, 0) is 36.8 Å². The largest absolute Gasteiger partial charge is 0.453 e. The molecule has 9 heteroatoms. The summed E-state index contributed by atoms with van der Waals surface area (Å²) in [6.07, 6.45) is -0.819. The molecule has 1 atom stereocenters. The summed E-state index contributed by atoms with van der Waals surface area (Å²) in [6.45, 7) is 2.12. The van der Waals surface area contributed by atoms with Crippen molar-refractivity contribution in [3.05, 3.63) is 66.0 Å². The minimum absolute atomic E-state index is 0.342. The third-order valence-electron chi connectivity index (χ3n) is 4.06. The molecule has 0 saturated carbocycles. The molecule has 7 nitrogen and oxygen atoms in total. The van der Waals surface area contributed by atoms with Gasteiger partial charge in [0, 0.05) is 5.56 Å². The molecular formula is C20H19FN4O3S. The second kappa shape index (κ2) is 9.33. The Hall–Kier alpha value is -3.20. The number of nitrogens with zero attached hydrogens (tertiary/aromatic N) is 3. The lowest BCUT2D eigenvalue weighted by atomic mass is 10.2. The highest BCUT2D eigenvalue weighted by atomic mass is 32.2. The Balaban J connectivity index is 1.91. The summed E-state index contributed by atoms with van der Waals surface area (Å²) in [7, 11) is 1.19. The van der Waals surface area contributed by atoms with E-state index in [1.54, 1.807) is 19.1 Å². The number of carbonyl (C=O) groups is 2. The molecule has 150 valence electrons. The molecule has 0 aliphatic heterocycles. The number of benzene rings is 2. The molecule has 0 spiro atoms. The van der Waals surface area contributed by atoms with Crippen LogP contribution in [0, 0.1) is 5.82 Å². The van der Waals surface area contributed by atoms with Gasteiger partial charge in [-0.3, -0.25) is 14.7 Å². The number of rotatable bonds is 6. The highest BCUT2D eigenvalue weighted by molar-refractivity contribution is 8.00. The van der Waals surface area contributed by atoms with E-state index in [1.165, 1.54) is 19.2 Å². The van der Waals surface area contributed by atoms with Crippen LogP contribution in [-0.4, -0.2) is 39.1 Å². The maximum Gasteiger partial charge on any atom is 0.413 e. The summed E-state index contributed by atoms with van der Waals surface area (Å²) in [4.78, 5) is 23.4. The molecule has 2 aromatic carbocycles. The number of thioether (sulfide) groups is 1. The van der Waals surface area contributed by atoms with Gasteiger partial charge in [-0.15, -0.1) is 10.2 Å². The maximum absolute atomic E-state index is 13.3. The van der Waals surface area contributed by atoms with Gasteiger partial charge in [0.05, 0.1) is 18.9 Å². The zero-order valence-corrected chi connectivity index (χ0v) is 16.6. The first-order chi connectivity index (χ1) is 14.0. The predicted molar refractivity (Wildman–Crippen MR) is 107 cm³/mol. The zero-order valence-electron chi connectivity index (χ0n) is 15.8. The fourth-order valence-electron chi connectivity index (χ4n) is 2.56. The van der Waals surface area contributed by atoms with Crippen LogP contribution >= 0.6 is 11.8 Å². The van der Waals surface area contributed by atoms with Gasteiger partial charge in [0.1, 0.15) is 5.82 Å². The second-order valence-corrected chi connectivity index (χ2v) is 7.43. The standard InChI is InChI=1S/C20H19FN4O3S/c1-13(18(26)22-20(27)28-2)29-19-24-23-17(15-8-10-16(21)11-9-15)25(19)12-14-6-4-3-5-7-14/h3-11,13H,12H2,1-2H3,(H,22,26,27)/t13-/m1/s1. The molecule has 0 unspecified atom stereocenters. The van der Waals surface area contributed by atoms with E-state index in [1.807, 2.05) is 34.9 Å². The first kappa shape index (κ1) is 20.5. The van der Waals surface area contributed by atoms with E-state index in [9.17, 15) is 14.0 Å². The van der Waals surface area contributed by atoms with E-state index in [4.69, 9.17) is 0 Å². The molecule has 1 heterocycles. The molecule has 0 fully saturated rings. The molecule has 1 aromatic heterocycles. The minimum Gasteiger partial charge on any atom is -0.453 e. The van der Waals surface area contributed by atoms with Crippen molar-refractivity contribution in [2.45, 2.75) is 23.9 Å². The number of amides is 2. The normalized spacial score (nSPS) is 11.7. The van der Waals surface area contributed by atoms with Crippen LogP contribution in [0.3, 0.4) is 0 Å². The van der Waals surface area contributed by atoms with Crippen LogP contribution in [0.1, 0.15) is 12.5 Å². The van der Waals surface area contributed by atoms with E-state index in [-0.39, 0.29) is 5.82 Å². The predicted octanol–water partition coefficient (Wildman–Crippen LogP) is 3.50. The third-order valence-corrected chi connectivity index (χ3v) is 5.15. The molecule has 0 bridgehead atoms. The third kappa shape index (κ3) is 5.20. The van der Waals surface area contributed by atoms with Crippen molar-refractivity contribution in [3.63, 3.8) is 0 Å². The Kier molecular flexibility index (Phi) is 6.61. The average Bonchev–Trinajstić information content (AvgIpc) is 3.11. The summed E-state index contributed by atoms with van der Waals surface area (Å²) in [6, 6.07) is 15.7. The van der Waals surface area contributed by atoms with Crippen LogP contribution in [0.5, 0.6) is 0 Å². The Morgan fingerprint density at radius 2 is 1.83 bits per heavy atom. The molecule has 0 saturated heterocycles. The number of ether oxygens (including phenoxy) is 1. The topological polar surface area (TPSA) is 86.1 Å². The molecule has 3 aromatic rings. The molecule has 0 aliphatic rings. The Morgan fingerprint density at radius 1 is 1.14 bits per heavy atom. The van der Waals surface area contributed by atoms with Gasteiger partial charge < -0.3 is 4.74 Å². The monoisotopic (exact) mass is 414 g/mol. The number of methoxy groups -OCH3 is 1. The van der Waals surface area contributed by atoms with Gasteiger partial charge in [0.15, 0.2) is 11.0 Å². The van der Waals surface area contributed by atoms with Crippen molar-refractivity contribution in [2.24, 2.45) is 0 Å². The van der Waals surface area contributed by atoms with Crippen molar-refractivity contribution in [1.29, 1.82) is 0 Å². The number of aromatic nitrogens is 3. The van der Waals surface area contributed by atoms with Gasteiger partial charge in [-0.1, -0.05) is 42.1 Å². The summed E-state index contributed by atoms with van der Waals surface area (Å²) in [5, 5.41) is 10.5. The number of alkyl carbamates (subject to hydrolysis) is 1. The number of nitrogens with one attached hydrogen (secondary N) is 1. The van der Waals surface area contributed by atoms with E-state index >= 15 is 0 Å². The first-order valence-electron chi connectivity index (χ1n) is 8.76. The number of halogens is 1. The van der Waals surface area contributed by atoms with Crippen LogP contribution in [0.25, 0.3) is 11.4 Å². The number of hydrogen-bond donors (Lipinski definition) is 1. The van der Waals surface area contributed by atoms with Gasteiger partial charge in [0.25, 0.3) is 0 Å². The molecule has 0 radical (unpaired) electrons. The fourth-order valence-corrected chi connectivity index (χ4v) is 3.41. The Labute approximate surface area is 171 Å². The van der Waals surface area contributed by atoms with Crippen LogP contribution in [0.4, 0.5) is 9.18 Å². The summed E-state index contributed by atoms with van der Waals surface area (Å²) in [5.74, 6) is -0.290. The van der Waals surface area contributed by atoms with Crippen LogP contribution in [0.2, 0.25) is 0 Å². The minimum atomic E-state index is -0.819. The van der Waals surface area contributed by atoms with E-state index in [0.717, 1.165) is 17.3 Å². The van der Waals surface area contributed by atoms with Crippen molar-refractivity contribution in [1.82, 2.24) is 20.1 Å². The molecule has 29 heavy (non-hydrogen) atoms. The summed E-state index contributed by atoms with van der Waals surface area (Å²) < 4.78 is 19.6. The molecule has 2 amide bonds. The van der Waals surface area contributed by atoms with Gasteiger partial charge >= 0.3 is 6.09 Å². The van der Waals surface area contributed by atoms with Crippen LogP contribution in [0.15, 0.2) is 59.8 Å². The van der Waals surface area contributed by atoms with E-state index < -0.39 is 17.3 Å². The zero-order chi connectivity index (χ0) is 20.8. The summed E-state index contributed by atoms with van der Waals surface area (Å²) >= 11 is 1.16. The molecular weight excluding hydrogens is 395 g/mol. The fraction of sp³-hybridized carbons (Fsp3) is 0.200. The van der Waals surface area contributed by atoms with Gasteiger partial charge in [0.2, 0.25) is 5.91 Å². The lowest BCUT2D eigenvalue weighted by Gasteiger charge is -2.13. The summed E-state index contributed by atoms with van der Waals surface area (Å²) in [5.41, 5.74) is 1.72. The maximum atomic E-state index is 13.3. The second-order valence-electron chi connectivity index (χ2n) is 6.13. The lowest BCUT2D eigenvalue weighted by Crippen LogP contribution is -2.36. The molecule has 0 aliphatic carbocycles. The highest BCUT2D eigenvalue weighted by Crippen LogP contribution is 2.28. The van der Waals surface area contributed by atoms with Crippen LogP contribution in [-0.2, 0) is 16.1 Å². The van der Waals surface area contributed by atoms with Crippen molar-refractivity contribution in [2.75, 3.05) is 7.11 Å². The van der Waals surface area contributed by atoms with Gasteiger partial charge in [-0.2, -0.15) is 0 Å². The smallest absolute Gasteiger partial charge is 0.413 e. The SMILES string of the molecule is COC(=O)NC(=O)[C@@H](C)Sc1nnc(-c2ccc(F)cc2)n1Cc1ccccc1. The van der Waals surface area contributed by atoms with Crippen molar-refractivity contribution < 1.29 is 18.7 Å².